The maximum absolute atomic E-state index is 13.6. The van der Waals surface area contributed by atoms with Crippen LogP contribution in [0.3, 0.4) is 0 Å². The number of benzene rings is 1. The normalized spacial score (nSPS) is 19.4. The van der Waals surface area contributed by atoms with Crippen LogP contribution < -0.4 is 10.1 Å². The molecule has 19 heavy (non-hydrogen) atoms. The molecule has 106 valence electrons. The van der Waals surface area contributed by atoms with Crippen LogP contribution >= 0.6 is 0 Å². The molecular weight excluding hydrogens is 245 g/mol. The third-order valence-corrected chi connectivity index (χ3v) is 3.59. The second kappa shape index (κ2) is 7.46. The van der Waals surface area contributed by atoms with Gasteiger partial charge in [0.1, 0.15) is 11.6 Å². The fourth-order valence-corrected chi connectivity index (χ4v) is 2.37. The van der Waals surface area contributed by atoms with Crippen molar-refractivity contribution in [1.82, 2.24) is 5.32 Å². The molecular formula is C15H22FNO2. The summed E-state index contributed by atoms with van der Waals surface area (Å²) < 4.78 is 24.2. The minimum atomic E-state index is -0.265. The van der Waals surface area contributed by atoms with Crippen molar-refractivity contribution in [2.75, 3.05) is 26.8 Å². The molecule has 1 atom stereocenters. The van der Waals surface area contributed by atoms with E-state index in [4.69, 9.17) is 9.47 Å². The molecule has 2 rings (SSSR count). The number of hydrogen-bond donors (Lipinski definition) is 1. The van der Waals surface area contributed by atoms with Gasteiger partial charge in [0.15, 0.2) is 0 Å². The van der Waals surface area contributed by atoms with Crippen molar-refractivity contribution in [2.24, 2.45) is 5.92 Å². The first-order valence-corrected chi connectivity index (χ1v) is 6.90. The van der Waals surface area contributed by atoms with Gasteiger partial charge >= 0.3 is 0 Å². The minimum Gasteiger partial charge on any atom is -0.497 e. The summed E-state index contributed by atoms with van der Waals surface area (Å²) in [6, 6.07) is 4.87. The highest BCUT2D eigenvalue weighted by Crippen LogP contribution is 2.18. The fraction of sp³-hybridized carbons (Fsp3) is 0.600. The van der Waals surface area contributed by atoms with E-state index in [2.05, 4.69) is 5.32 Å². The standard InChI is InChI=1S/C15H22FNO2/c1-18-14-5-4-13(15(16)9-14)11-19-8-6-12-3-2-7-17-10-12/h4-5,9,12,17H,2-3,6-8,10-11H2,1H3. The highest BCUT2D eigenvalue weighted by atomic mass is 19.1. The van der Waals surface area contributed by atoms with Gasteiger partial charge in [-0.3, -0.25) is 0 Å². The van der Waals surface area contributed by atoms with Crippen molar-refractivity contribution < 1.29 is 13.9 Å². The summed E-state index contributed by atoms with van der Waals surface area (Å²) in [6.45, 7) is 3.24. The van der Waals surface area contributed by atoms with Gasteiger partial charge < -0.3 is 14.8 Å². The SMILES string of the molecule is COc1ccc(COCCC2CCCNC2)c(F)c1. The Kier molecular flexibility index (Phi) is 5.61. The van der Waals surface area contributed by atoms with Gasteiger partial charge in [0.25, 0.3) is 0 Å². The lowest BCUT2D eigenvalue weighted by Crippen LogP contribution is -2.30. The summed E-state index contributed by atoms with van der Waals surface area (Å²) in [5, 5.41) is 3.39. The summed E-state index contributed by atoms with van der Waals surface area (Å²) in [7, 11) is 1.53. The fourth-order valence-electron chi connectivity index (χ4n) is 2.37. The Bertz CT molecular complexity index is 392. The predicted octanol–water partition coefficient (Wildman–Crippen LogP) is 2.74. The van der Waals surface area contributed by atoms with Gasteiger partial charge in [0.05, 0.1) is 13.7 Å². The van der Waals surface area contributed by atoms with Crippen molar-refractivity contribution >= 4 is 0 Å². The number of hydrogen-bond acceptors (Lipinski definition) is 3. The van der Waals surface area contributed by atoms with Crippen molar-refractivity contribution in [3.05, 3.63) is 29.6 Å². The minimum absolute atomic E-state index is 0.265. The smallest absolute Gasteiger partial charge is 0.132 e. The van der Waals surface area contributed by atoms with Crippen LogP contribution in [-0.4, -0.2) is 26.8 Å². The van der Waals surface area contributed by atoms with Crippen molar-refractivity contribution in [3.8, 4) is 5.75 Å². The quantitative estimate of drug-likeness (QED) is 0.804. The predicted molar refractivity (Wildman–Crippen MR) is 72.8 cm³/mol. The van der Waals surface area contributed by atoms with Gasteiger partial charge in [-0.15, -0.1) is 0 Å². The molecule has 1 N–H and O–H groups in total. The van der Waals surface area contributed by atoms with E-state index >= 15 is 0 Å². The number of halogens is 1. The van der Waals surface area contributed by atoms with Gasteiger partial charge in [-0.2, -0.15) is 0 Å². The van der Waals surface area contributed by atoms with Crippen molar-refractivity contribution in [1.29, 1.82) is 0 Å². The van der Waals surface area contributed by atoms with E-state index in [9.17, 15) is 4.39 Å². The van der Waals surface area contributed by atoms with E-state index in [1.807, 2.05) is 0 Å². The Morgan fingerprint density at radius 3 is 3.00 bits per heavy atom. The molecule has 0 bridgehead atoms. The Hall–Kier alpha value is -1.13. The number of ether oxygens (including phenoxy) is 2. The molecule has 0 amide bonds. The molecule has 1 heterocycles. The van der Waals surface area contributed by atoms with E-state index in [1.165, 1.54) is 26.0 Å². The first-order chi connectivity index (χ1) is 9.29. The zero-order valence-electron chi connectivity index (χ0n) is 11.5. The van der Waals surface area contributed by atoms with Crippen LogP contribution in [0, 0.1) is 11.7 Å². The Labute approximate surface area is 114 Å². The van der Waals surface area contributed by atoms with Crippen LogP contribution in [0.15, 0.2) is 18.2 Å². The van der Waals surface area contributed by atoms with E-state index in [0.717, 1.165) is 19.5 Å². The second-order valence-corrected chi connectivity index (χ2v) is 5.01. The molecule has 0 saturated carbocycles. The number of rotatable bonds is 6. The summed E-state index contributed by atoms with van der Waals surface area (Å²) in [5.74, 6) is 0.975. The maximum atomic E-state index is 13.6. The van der Waals surface area contributed by atoms with E-state index in [1.54, 1.807) is 12.1 Å². The topological polar surface area (TPSA) is 30.5 Å². The Morgan fingerprint density at radius 2 is 2.32 bits per heavy atom. The second-order valence-electron chi connectivity index (χ2n) is 5.01. The van der Waals surface area contributed by atoms with E-state index in [-0.39, 0.29) is 5.82 Å². The number of piperidine rings is 1. The van der Waals surface area contributed by atoms with Gasteiger partial charge in [-0.1, -0.05) is 6.07 Å². The van der Waals surface area contributed by atoms with Crippen molar-refractivity contribution in [2.45, 2.75) is 25.9 Å². The average Bonchev–Trinajstić information content (AvgIpc) is 2.46. The molecule has 0 aliphatic carbocycles. The maximum Gasteiger partial charge on any atom is 0.132 e. The summed E-state index contributed by atoms with van der Waals surface area (Å²) >= 11 is 0. The zero-order valence-corrected chi connectivity index (χ0v) is 11.5. The molecule has 3 nitrogen and oxygen atoms in total. The van der Waals surface area contributed by atoms with Gasteiger partial charge in [0, 0.05) is 18.2 Å². The monoisotopic (exact) mass is 267 g/mol. The van der Waals surface area contributed by atoms with Gasteiger partial charge in [-0.05, 0) is 44.3 Å². The number of nitrogens with one attached hydrogen (secondary N) is 1. The van der Waals surface area contributed by atoms with Crippen LogP contribution in [0.4, 0.5) is 4.39 Å². The Morgan fingerprint density at radius 1 is 1.42 bits per heavy atom. The lowest BCUT2D eigenvalue weighted by atomic mass is 9.97. The van der Waals surface area contributed by atoms with Crippen molar-refractivity contribution in [3.63, 3.8) is 0 Å². The molecule has 1 fully saturated rings. The summed E-state index contributed by atoms with van der Waals surface area (Å²) in [5.41, 5.74) is 0.586. The number of methoxy groups -OCH3 is 1. The largest absolute Gasteiger partial charge is 0.497 e. The van der Waals surface area contributed by atoms with E-state index < -0.39 is 0 Å². The van der Waals surface area contributed by atoms with Crippen LogP contribution in [0.5, 0.6) is 5.75 Å². The first kappa shape index (κ1) is 14.3. The van der Waals surface area contributed by atoms with E-state index in [0.29, 0.717) is 30.4 Å². The van der Waals surface area contributed by atoms with Gasteiger partial charge in [-0.25, -0.2) is 4.39 Å². The highest BCUT2D eigenvalue weighted by Gasteiger charge is 2.12. The molecule has 0 aromatic heterocycles. The average molecular weight is 267 g/mol. The molecule has 4 heteroatoms. The lowest BCUT2D eigenvalue weighted by Gasteiger charge is -2.22. The zero-order chi connectivity index (χ0) is 13.5. The molecule has 1 saturated heterocycles. The third-order valence-electron chi connectivity index (χ3n) is 3.59. The first-order valence-electron chi connectivity index (χ1n) is 6.90. The van der Waals surface area contributed by atoms with Gasteiger partial charge in [0.2, 0.25) is 0 Å². The third kappa shape index (κ3) is 4.48. The molecule has 1 aromatic carbocycles. The highest BCUT2D eigenvalue weighted by molar-refractivity contribution is 5.28. The summed E-state index contributed by atoms with van der Waals surface area (Å²) in [6.07, 6.45) is 3.57. The molecule has 1 unspecified atom stereocenters. The molecule has 1 aromatic rings. The lowest BCUT2D eigenvalue weighted by molar-refractivity contribution is 0.101. The molecule has 1 aliphatic rings. The van der Waals surface area contributed by atoms with Crippen LogP contribution in [0.1, 0.15) is 24.8 Å². The van der Waals surface area contributed by atoms with Crippen LogP contribution in [0.2, 0.25) is 0 Å². The van der Waals surface area contributed by atoms with Crippen LogP contribution in [-0.2, 0) is 11.3 Å². The Balaban J connectivity index is 1.70. The molecule has 0 radical (unpaired) electrons. The molecule has 0 spiro atoms. The molecule has 1 aliphatic heterocycles. The summed E-state index contributed by atoms with van der Waals surface area (Å²) in [4.78, 5) is 0. The van der Waals surface area contributed by atoms with Crippen LogP contribution in [0.25, 0.3) is 0 Å².